The van der Waals surface area contributed by atoms with Crippen LogP contribution in [0.1, 0.15) is 2.85 Å². The standard InChI is InChI=1S/C3H2F6.2K.2H/c4-1-2(5,6)3(7,8)9;;;;/h1H2;;;;/q;2*+1;2*-1. The summed E-state index contributed by atoms with van der Waals surface area (Å²) in [6.07, 6.45) is -5.76. The van der Waals surface area contributed by atoms with Crippen LogP contribution in [0.15, 0.2) is 0 Å². The zero-order valence-electron chi connectivity index (χ0n) is 7.97. The van der Waals surface area contributed by atoms with Crippen molar-refractivity contribution in [2.24, 2.45) is 0 Å². The fourth-order valence-corrected chi connectivity index (χ4v) is 0.0758. The van der Waals surface area contributed by atoms with Crippen LogP contribution in [-0.4, -0.2) is 18.8 Å². The van der Waals surface area contributed by atoms with Crippen molar-refractivity contribution in [2.75, 3.05) is 6.67 Å². The molecule has 0 aromatic carbocycles. The van der Waals surface area contributed by atoms with Crippen molar-refractivity contribution in [3.05, 3.63) is 0 Å². The van der Waals surface area contributed by atoms with Gasteiger partial charge in [0.05, 0.1) is 0 Å². The van der Waals surface area contributed by atoms with Gasteiger partial charge >= 0.3 is 115 Å². The number of hydrogen-bond acceptors (Lipinski definition) is 0. The summed E-state index contributed by atoms with van der Waals surface area (Å²) >= 11 is 0. The summed E-state index contributed by atoms with van der Waals surface area (Å²) in [6, 6.07) is 0. The maximum absolute atomic E-state index is 11.2. The van der Waals surface area contributed by atoms with E-state index in [1.54, 1.807) is 0 Å². The van der Waals surface area contributed by atoms with Crippen LogP contribution >= 0.6 is 0 Å². The molecule has 0 rings (SSSR count). The Hall–Kier alpha value is 2.85. The minimum Gasteiger partial charge on any atom is -1.00 e. The fourth-order valence-electron chi connectivity index (χ4n) is 0.0758. The molecule has 0 aromatic heterocycles. The summed E-state index contributed by atoms with van der Waals surface area (Å²) in [5, 5.41) is 0. The van der Waals surface area contributed by atoms with Crippen molar-refractivity contribution in [1.29, 1.82) is 0 Å². The molecule has 0 N–H and O–H groups in total. The average Bonchev–Trinajstić information content (AvgIpc) is 1.64. The number of halogens is 6. The summed E-state index contributed by atoms with van der Waals surface area (Å²) in [5.41, 5.74) is 0. The van der Waals surface area contributed by atoms with E-state index in [2.05, 4.69) is 0 Å². The minimum atomic E-state index is -5.76. The molecule has 0 aliphatic heterocycles. The smallest absolute Gasteiger partial charge is 1.00 e. The van der Waals surface area contributed by atoms with Gasteiger partial charge in [-0.15, -0.1) is 0 Å². The van der Waals surface area contributed by atoms with Crippen molar-refractivity contribution in [1.82, 2.24) is 0 Å². The molecule has 11 heavy (non-hydrogen) atoms. The molecular formula is C3H4F6K2. The molecule has 0 saturated carbocycles. The number of rotatable bonds is 1. The van der Waals surface area contributed by atoms with Crippen molar-refractivity contribution >= 4 is 0 Å². The molecule has 0 spiro atoms. The van der Waals surface area contributed by atoms with Crippen molar-refractivity contribution in [3.63, 3.8) is 0 Å². The predicted octanol–water partition coefficient (Wildman–Crippen LogP) is -3.61. The second-order valence-corrected chi connectivity index (χ2v) is 1.34. The maximum Gasteiger partial charge on any atom is 1.00 e. The van der Waals surface area contributed by atoms with Crippen LogP contribution < -0.4 is 103 Å². The van der Waals surface area contributed by atoms with E-state index in [1.165, 1.54) is 0 Å². The van der Waals surface area contributed by atoms with Gasteiger partial charge in [-0.3, -0.25) is 0 Å². The average molecular weight is 232 g/mol. The molecule has 0 amide bonds. The molecule has 0 unspecified atom stereocenters. The monoisotopic (exact) mass is 232 g/mol. The molecule has 0 fully saturated rings. The van der Waals surface area contributed by atoms with Crippen LogP contribution in [-0.2, 0) is 0 Å². The Labute approximate surface area is 147 Å². The number of hydrogen-bond donors (Lipinski definition) is 0. The summed E-state index contributed by atoms with van der Waals surface area (Å²) in [7, 11) is 0. The first-order valence-electron chi connectivity index (χ1n) is 1.82. The molecule has 0 saturated heterocycles. The van der Waals surface area contributed by atoms with Crippen LogP contribution in [0.4, 0.5) is 26.3 Å². The number of alkyl halides is 6. The summed E-state index contributed by atoms with van der Waals surface area (Å²) in [4.78, 5) is 0. The van der Waals surface area contributed by atoms with E-state index in [-0.39, 0.29) is 106 Å². The normalized spacial score (nSPS) is 11.5. The van der Waals surface area contributed by atoms with Gasteiger partial charge in [0, 0.05) is 0 Å². The van der Waals surface area contributed by atoms with Gasteiger partial charge in [-0.2, -0.15) is 22.0 Å². The van der Waals surface area contributed by atoms with Gasteiger partial charge in [0.1, 0.15) is 0 Å². The Balaban J connectivity index is -0.0000000533. The first-order chi connectivity index (χ1) is 3.81. The Morgan fingerprint density at radius 3 is 1.18 bits per heavy atom. The maximum atomic E-state index is 11.2. The molecule has 60 valence electrons. The first-order valence-corrected chi connectivity index (χ1v) is 1.82. The van der Waals surface area contributed by atoms with Crippen LogP contribution in [0.2, 0.25) is 0 Å². The summed E-state index contributed by atoms with van der Waals surface area (Å²) in [5.74, 6) is -5.19. The third-order valence-electron chi connectivity index (χ3n) is 0.583. The Morgan fingerprint density at radius 2 is 1.18 bits per heavy atom. The second-order valence-electron chi connectivity index (χ2n) is 1.34. The largest absolute Gasteiger partial charge is 1.00 e. The quantitative estimate of drug-likeness (QED) is 0.323. The summed E-state index contributed by atoms with van der Waals surface area (Å²) < 4.78 is 65.6. The zero-order valence-corrected chi connectivity index (χ0v) is 12.2. The Kier molecular flexibility index (Phi) is 12.7. The van der Waals surface area contributed by atoms with Gasteiger partial charge in [-0.1, -0.05) is 0 Å². The summed E-state index contributed by atoms with van der Waals surface area (Å²) in [6.45, 7) is -2.70. The SMILES string of the molecule is FCC(F)(F)C(F)(F)F.[H-].[H-].[K+].[K+]. The van der Waals surface area contributed by atoms with Crippen LogP contribution in [0, 0.1) is 0 Å². The van der Waals surface area contributed by atoms with E-state index in [9.17, 15) is 26.3 Å². The van der Waals surface area contributed by atoms with E-state index in [0.717, 1.165) is 0 Å². The molecule has 0 bridgehead atoms. The van der Waals surface area contributed by atoms with E-state index >= 15 is 0 Å². The van der Waals surface area contributed by atoms with Gasteiger partial charge in [-0.05, 0) is 0 Å². The molecule has 0 aliphatic rings. The topological polar surface area (TPSA) is 0 Å². The molecule has 0 aromatic rings. The third-order valence-corrected chi connectivity index (χ3v) is 0.583. The fraction of sp³-hybridized carbons (Fsp3) is 1.00. The van der Waals surface area contributed by atoms with E-state index in [1.807, 2.05) is 0 Å². The molecule has 8 heteroatoms. The van der Waals surface area contributed by atoms with E-state index in [4.69, 9.17) is 0 Å². The van der Waals surface area contributed by atoms with Crippen molar-refractivity contribution in [3.8, 4) is 0 Å². The van der Waals surface area contributed by atoms with Gasteiger partial charge < -0.3 is 2.85 Å². The van der Waals surface area contributed by atoms with Crippen LogP contribution in [0.5, 0.6) is 0 Å². The predicted molar refractivity (Wildman–Crippen MR) is 19.2 cm³/mol. The van der Waals surface area contributed by atoms with Gasteiger partial charge in [0.15, 0.2) is 6.67 Å². The van der Waals surface area contributed by atoms with Crippen molar-refractivity contribution < 1.29 is 132 Å². The van der Waals surface area contributed by atoms with E-state index < -0.39 is 18.8 Å². The molecule has 0 atom stereocenters. The Morgan fingerprint density at radius 1 is 0.909 bits per heavy atom. The van der Waals surface area contributed by atoms with Gasteiger partial charge in [-0.25, -0.2) is 4.39 Å². The minimum absolute atomic E-state index is 0. The van der Waals surface area contributed by atoms with Gasteiger partial charge in [0.25, 0.3) is 0 Å². The zero-order chi connectivity index (χ0) is 7.71. The van der Waals surface area contributed by atoms with Crippen LogP contribution in [0.3, 0.4) is 0 Å². The van der Waals surface area contributed by atoms with E-state index in [0.29, 0.717) is 0 Å². The van der Waals surface area contributed by atoms with Crippen molar-refractivity contribution in [2.45, 2.75) is 12.1 Å². The molecule has 0 nitrogen and oxygen atoms in total. The molecule has 0 aliphatic carbocycles. The molecular weight excluding hydrogens is 228 g/mol. The Bertz CT molecular complexity index is 107. The van der Waals surface area contributed by atoms with Crippen LogP contribution in [0.25, 0.3) is 0 Å². The molecule has 0 heterocycles. The third kappa shape index (κ3) is 6.86. The van der Waals surface area contributed by atoms with Gasteiger partial charge in [0.2, 0.25) is 0 Å². The molecule has 0 radical (unpaired) electrons. The second kappa shape index (κ2) is 7.18. The first kappa shape index (κ1) is 19.4.